The average molecular weight is 368 g/mol. The second-order valence-electron chi connectivity index (χ2n) is 8.03. The molecule has 1 aromatic heterocycles. The Kier molecular flexibility index (Phi) is 5.63. The van der Waals surface area contributed by atoms with Crippen molar-refractivity contribution in [2.45, 2.75) is 52.1 Å². The van der Waals surface area contributed by atoms with Gasteiger partial charge in [0.15, 0.2) is 0 Å². The first-order valence-corrected chi connectivity index (χ1v) is 9.44. The number of rotatable bonds is 3. The topological polar surface area (TPSA) is 67.3 Å². The molecule has 2 heterocycles. The minimum absolute atomic E-state index is 0.0536. The van der Waals surface area contributed by atoms with Gasteiger partial charge in [0.25, 0.3) is 0 Å². The maximum atomic E-state index is 12.6. The predicted molar refractivity (Wildman–Crippen MR) is 106 cm³/mol. The van der Waals surface area contributed by atoms with Crippen LogP contribution in [0.2, 0.25) is 0 Å². The molecule has 2 aromatic rings. The summed E-state index contributed by atoms with van der Waals surface area (Å²) in [6, 6.07) is 9.71. The first kappa shape index (κ1) is 19.1. The number of carbonyl (C=O) groups excluding carboxylic acids is 1. The lowest BCUT2D eigenvalue weighted by atomic mass is 9.87. The number of hydrogen-bond donors (Lipinski definition) is 1. The van der Waals surface area contributed by atoms with E-state index >= 15 is 0 Å². The van der Waals surface area contributed by atoms with Gasteiger partial charge < -0.3 is 15.0 Å². The first-order chi connectivity index (χ1) is 12.8. The predicted octanol–water partition coefficient (Wildman–Crippen LogP) is 4.16. The van der Waals surface area contributed by atoms with E-state index in [2.05, 4.69) is 48.2 Å². The van der Waals surface area contributed by atoms with Crippen molar-refractivity contribution in [3.05, 3.63) is 47.9 Å². The Balaban J connectivity index is 1.58. The van der Waals surface area contributed by atoms with Crippen LogP contribution in [-0.4, -0.2) is 40.1 Å². The molecule has 3 rings (SSSR count). The third-order valence-electron chi connectivity index (χ3n) is 4.71. The molecule has 1 aromatic carbocycles. The van der Waals surface area contributed by atoms with Crippen molar-refractivity contribution in [3.63, 3.8) is 0 Å². The summed E-state index contributed by atoms with van der Waals surface area (Å²) >= 11 is 0. The van der Waals surface area contributed by atoms with Gasteiger partial charge in [-0.3, -0.25) is 0 Å². The number of carbonyl (C=O) groups is 1. The number of benzene rings is 1. The number of urea groups is 1. The summed E-state index contributed by atoms with van der Waals surface area (Å²) in [7, 11) is 0. The zero-order valence-corrected chi connectivity index (χ0v) is 16.5. The molecule has 0 saturated carbocycles. The zero-order chi connectivity index (χ0) is 19.4. The molecule has 1 aliphatic rings. The average Bonchev–Trinajstić information content (AvgIpc) is 2.62. The van der Waals surface area contributed by atoms with E-state index in [1.807, 2.05) is 19.1 Å². The number of nitrogens with zero attached hydrogens (tertiary/aromatic N) is 3. The van der Waals surface area contributed by atoms with Gasteiger partial charge >= 0.3 is 6.03 Å². The van der Waals surface area contributed by atoms with E-state index in [0.717, 1.165) is 25.1 Å². The Hall–Kier alpha value is -2.63. The molecule has 1 unspecified atom stereocenters. The molecule has 2 amide bonds. The summed E-state index contributed by atoms with van der Waals surface area (Å²) in [5.74, 6) is 1.24. The summed E-state index contributed by atoms with van der Waals surface area (Å²) < 4.78 is 5.95. The number of anilines is 1. The van der Waals surface area contributed by atoms with Crippen molar-refractivity contribution in [2.75, 3.05) is 18.4 Å². The first-order valence-electron chi connectivity index (χ1n) is 9.44. The van der Waals surface area contributed by atoms with Gasteiger partial charge in [0, 0.05) is 24.5 Å². The summed E-state index contributed by atoms with van der Waals surface area (Å²) in [6.07, 6.45) is 3.45. The quantitative estimate of drug-likeness (QED) is 0.883. The monoisotopic (exact) mass is 368 g/mol. The van der Waals surface area contributed by atoms with Crippen LogP contribution in [-0.2, 0) is 5.41 Å². The lowest BCUT2D eigenvalue weighted by Crippen LogP contribution is -2.46. The lowest BCUT2D eigenvalue weighted by Gasteiger charge is -2.32. The molecule has 144 valence electrons. The molecule has 0 bridgehead atoms. The van der Waals surface area contributed by atoms with Crippen LogP contribution in [0.1, 0.15) is 45.0 Å². The van der Waals surface area contributed by atoms with Crippen LogP contribution in [0, 0.1) is 6.92 Å². The van der Waals surface area contributed by atoms with E-state index in [9.17, 15) is 4.79 Å². The number of likely N-dealkylation sites (tertiary alicyclic amines) is 1. The van der Waals surface area contributed by atoms with Crippen LogP contribution in [0.25, 0.3) is 0 Å². The van der Waals surface area contributed by atoms with Crippen LogP contribution in [0.15, 0.2) is 36.5 Å². The van der Waals surface area contributed by atoms with Crippen molar-refractivity contribution in [1.82, 2.24) is 14.9 Å². The van der Waals surface area contributed by atoms with E-state index in [4.69, 9.17) is 4.74 Å². The second-order valence-corrected chi connectivity index (χ2v) is 8.03. The fourth-order valence-corrected chi connectivity index (χ4v) is 3.15. The van der Waals surface area contributed by atoms with Crippen LogP contribution in [0.3, 0.4) is 0 Å². The van der Waals surface area contributed by atoms with Gasteiger partial charge in [-0.05, 0) is 42.9 Å². The minimum atomic E-state index is -0.0920. The number of piperidine rings is 1. The number of nitrogens with one attached hydrogen (secondary N) is 1. The Morgan fingerprint density at radius 2 is 1.96 bits per heavy atom. The number of hydrogen-bond acceptors (Lipinski definition) is 4. The highest BCUT2D eigenvalue weighted by Crippen LogP contribution is 2.24. The smallest absolute Gasteiger partial charge is 0.321 e. The van der Waals surface area contributed by atoms with Gasteiger partial charge in [-0.2, -0.15) is 4.98 Å². The van der Waals surface area contributed by atoms with Crippen molar-refractivity contribution in [3.8, 4) is 5.88 Å². The number of aromatic nitrogens is 2. The maximum Gasteiger partial charge on any atom is 0.321 e. The molecular formula is C21H28N4O2. The summed E-state index contributed by atoms with van der Waals surface area (Å²) in [5, 5.41) is 2.99. The highest BCUT2D eigenvalue weighted by atomic mass is 16.5. The van der Waals surface area contributed by atoms with E-state index < -0.39 is 0 Å². The van der Waals surface area contributed by atoms with E-state index in [1.54, 1.807) is 17.2 Å². The fraction of sp³-hybridized carbons (Fsp3) is 0.476. The van der Waals surface area contributed by atoms with E-state index in [1.165, 1.54) is 5.56 Å². The summed E-state index contributed by atoms with van der Waals surface area (Å²) in [5.41, 5.74) is 2.15. The molecule has 27 heavy (non-hydrogen) atoms. The molecule has 1 N–H and O–H groups in total. The largest absolute Gasteiger partial charge is 0.472 e. The number of amides is 2. The van der Waals surface area contributed by atoms with Crippen LogP contribution < -0.4 is 10.1 Å². The maximum absolute atomic E-state index is 12.6. The molecule has 1 atom stereocenters. The molecule has 1 fully saturated rings. The van der Waals surface area contributed by atoms with Gasteiger partial charge in [0.1, 0.15) is 11.9 Å². The standard InChI is InChI=1S/C21H28N4O2/c1-15-22-12-11-19(23-15)27-18-6-5-13-25(14-18)20(26)24-17-9-7-16(8-10-17)21(2,3)4/h7-12,18H,5-6,13-14H2,1-4H3,(H,24,26). The van der Waals surface area contributed by atoms with E-state index in [0.29, 0.717) is 18.2 Å². The number of ether oxygens (including phenoxy) is 1. The third-order valence-corrected chi connectivity index (χ3v) is 4.71. The van der Waals surface area contributed by atoms with Crippen LogP contribution in [0.4, 0.5) is 10.5 Å². The SMILES string of the molecule is Cc1nccc(OC2CCCN(C(=O)Nc3ccc(C(C)(C)C)cc3)C2)n1. The Labute approximate surface area is 161 Å². The zero-order valence-electron chi connectivity index (χ0n) is 16.5. The number of aryl methyl sites for hydroxylation is 1. The van der Waals surface area contributed by atoms with Gasteiger partial charge in [-0.1, -0.05) is 32.9 Å². The van der Waals surface area contributed by atoms with Gasteiger partial charge in [-0.25, -0.2) is 9.78 Å². The molecule has 0 aliphatic carbocycles. The summed E-state index contributed by atoms with van der Waals surface area (Å²) in [6.45, 7) is 9.64. The van der Waals surface area contributed by atoms with Gasteiger partial charge in [0.2, 0.25) is 5.88 Å². The van der Waals surface area contributed by atoms with Crippen molar-refractivity contribution in [1.29, 1.82) is 0 Å². The Bertz CT molecular complexity index is 784. The van der Waals surface area contributed by atoms with Gasteiger partial charge in [0.05, 0.1) is 6.54 Å². The Morgan fingerprint density at radius 3 is 2.63 bits per heavy atom. The van der Waals surface area contributed by atoms with E-state index in [-0.39, 0.29) is 17.6 Å². The molecule has 6 nitrogen and oxygen atoms in total. The third kappa shape index (κ3) is 5.18. The van der Waals surface area contributed by atoms with Crippen molar-refractivity contribution < 1.29 is 9.53 Å². The van der Waals surface area contributed by atoms with Crippen LogP contribution in [0.5, 0.6) is 5.88 Å². The molecule has 6 heteroatoms. The normalized spacial score (nSPS) is 17.5. The lowest BCUT2D eigenvalue weighted by molar-refractivity contribution is 0.102. The van der Waals surface area contributed by atoms with Gasteiger partial charge in [-0.15, -0.1) is 0 Å². The van der Waals surface area contributed by atoms with Crippen LogP contribution >= 0.6 is 0 Å². The minimum Gasteiger partial charge on any atom is -0.472 e. The molecule has 1 aliphatic heterocycles. The molecule has 0 radical (unpaired) electrons. The summed E-state index contributed by atoms with van der Waals surface area (Å²) in [4.78, 5) is 22.8. The van der Waals surface area contributed by atoms with Crippen molar-refractivity contribution in [2.24, 2.45) is 0 Å². The fourth-order valence-electron chi connectivity index (χ4n) is 3.15. The second kappa shape index (κ2) is 7.94. The molecule has 0 spiro atoms. The molecule has 1 saturated heterocycles. The highest BCUT2D eigenvalue weighted by Gasteiger charge is 2.25. The van der Waals surface area contributed by atoms with Crippen molar-refractivity contribution >= 4 is 11.7 Å². The highest BCUT2D eigenvalue weighted by molar-refractivity contribution is 5.89. The Morgan fingerprint density at radius 1 is 1.22 bits per heavy atom. The molecular weight excluding hydrogens is 340 g/mol.